The van der Waals surface area contributed by atoms with Crippen LogP contribution in [0.4, 0.5) is 5.82 Å². The molecule has 0 spiro atoms. The fraction of sp³-hybridized carbons (Fsp3) is 0.500. The van der Waals surface area contributed by atoms with Gasteiger partial charge in [0.1, 0.15) is 12.1 Å². The molecular formula is C24H28BrN4O2+. The number of quaternary nitrogens is 1. The van der Waals surface area contributed by atoms with Crippen molar-refractivity contribution in [2.45, 2.75) is 38.6 Å². The number of piperidine rings is 1. The Bertz CT molecular complexity index is 1010. The zero-order valence-corrected chi connectivity index (χ0v) is 19.5. The van der Waals surface area contributed by atoms with Gasteiger partial charge < -0.3 is 4.90 Å². The Kier molecular flexibility index (Phi) is 5.42. The molecule has 1 saturated heterocycles. The van der Waals surface area contributed by atoms with E-state index in [-0.39, 0.29) is 11.8 Å². The molecule has 6 nitrogen and oxygen atoms in total. The van der Waals surface area contributed by atoms with Gasteiger partial charge in [-0.3, -0.25) is 14.1 Å². The van der Waals surface area contributed by atoms with Crippen LogP contribution >= 0.6 is 15.9 Å². The van der Waals surface area contributed by atoms with E-state index in [9.17, 15) is 9.59 Å². The van der Waals surface area contributed by atoms with E-state index < -0.39 is 0 Å². The first-order valence-corrected chi connectivity index (χ1v) is 12.0. The minimum atomic E-state index is 0.0457. The lowest BCUT2D eigenvalue weighted by Crippen LogP contribution is -2.53. The van der Waals surface area contributed by atoms with Gasteiger partial charge in [-0.15, -0.1) is 0 Å². The molecule has 1 aliphatic carbocycles. The van der Waals surface area contributed by atoms with Crippen LogP contribution in [0, 0.1) is 11.8 Å². The highest BCUT2D eigenvalue weighted by atomic mass is 79.9. The second-order valence-electron chi connectivity index (χ2n) is 9.40. The predicted octanol–water partition coefficient (Wildman–Crippen LogP) is 3.76. The van der Waals surface area contributed by atoms with Crippen LogP contribution in [-0.4, -0.2) is 53.2 Å². The molecule has 31 heavy (non-hydrogen) atoms. The lowest BCUT2D eigenvalue weighted by molar-refractivity contribution is -0.125. The molecule has 162 valence electrons. The molecule has 7 heteroatoms. The van der Waals surface area contributed by atoms with Crippen molar-refractivity contribution in [2.75, 3.05) is 26.7 Å². The number of rotatable bonds is 4. The topological polar surface area (TPSA) is 63.2 Å². The Labute approximate surface area is 191 Å². The summed E-state index contributed by atoms with van der Waals surface area (Å²) in [5.74, 6) is 2.11. The van der Waals surface area contributed by atoms with Crippen molar-refractivity contribution >= 4 is 33.4 Å². The van der Waals surface area contributed by atoms with Crippen LogP contribution in [0.5, 0.6) is 0 Å². The lowest BCUT2D eigenvalue weighted by atomic mass is 9.88. The van der Waals surface area contributed by atoms with Crippen molar-refractivity contribution in [2.24, 2.45) is 11.8 Å². The minimum Gasteiger partial charge on any atom is -0.334 e. The lowest BCUT2D eigenvalue weighted by Gasteiger charge is -2.41. The molecular weight excluding hydrogens is 456 g/mol. The molecule has 0 N–H and O–H groups in total. The fourth-order valence-electron chi connectivity index (χ4n) is 5.08. The molecule has 1 aromatic heterocycles. The number of nitrogens with zero attached hydrogens (tertiary/aromatic N) is 4. The number of halogens is 1. The van der Waals surface area contributed by atoms with Gasteiger partial charge in [0.15, 0.2) is 0 Å². The molecule has 0 unspecified atom stereocenters. The van der Waals surface area contributed by atoms with E-state index in [0.717, 1.165) is 71.2 Å². The van der Waals surface area contributed by atoms with Crippen molar-refractivity contribution < 1.29 is 9.59 Å². The van der Waals surface area contributed by atoms with Gasteiger partial charge in [-0.1, -0.05) is 15.9 Å². The van der Waals surface area contributed by atoms with Crippen LogP contribution in [0.2, 0.25) is 0 Å². The zero-order valence-electron chi connectivity index (χ0n) is 17.9. The number of aromatic nitrogens is 2. The van der Waals surface area contributed by atoms with Gasteiger partial charge in [0.2, 0.25) is 5.82 Å². The normalized spacial score (nSPS) is 25.7. The smallest absolute Gasteiger partial charge is 0.254 e. The second-order valence-corrected chi connectivity index (χ2v) is 10.3. The third kappa shape index (κ3) is 4.05. The molecule has 3 aliphatic rings. The van der Waals surface area contributed by atoms with Crippen molar-refractivity contribution in [3.05, 3.63) is 51.9 Å². The number of Topliss-reactive ketones (excluding diaryl/α,β-unsaturated/α-hetero) is 1. The van der Waals surface area contributed by atoms with E-state index in [0.29, 0.717) is 30.4 Å². The highest BCUT2D eigenvalue weighted by molar-refractivity contribution is 9.10. The predicted molar refractivity (Wildman–Crippen MR) is 123 cm³/mol. The van der Waals surface area contributed by atoms with Gasteiger partial charge in [0.25, 0.3) is 5.91 Å². The molecule has 0 bridgehead atoms. The maximum absolute atomic E-state index is 13.1. The number of ketones is 1. The van der Waals surface area contributed by atoms with Gasteiger partial charge in [-0.05, 0) is 37.1 Å². The molecule has 1 aromatic carbocycles. The Morgan fingerprint density at radius 1 is 1.03 bits per heavy atom. The van der Waals surface area contributed by atoms with Crippen LogP contribution in [0.15, 0.2) is 35.1 Å². The van der Waals surface area contributed by atoms with Gasteiger partial charge >= 0.3 is 0 Å². The molecule has 3 heterocycles. The maximum atomic E-state index is 13.1. The standard InChI is InChI=1S/C24H28BrN4O2/c1-29(12-9-17(10-13-29)22(30)16-2-3-16)23-20-14-28(11-8-21(20)26-15-27-23)24(31)18-4-6-19(25)7-5-18/h4-7,15-17H,2-3,8-14H2,1H3/q+1. The first-order valence-electron chi connectivity index (χ1n) is 11.2. The highest BCUT2D eigenvalue weighted by Crippen LogP contribution is 2.38. The molecule has 1 amide bonds. The number of carbonyl (C=O) groups is 2. The van der Waals surface area contributed by atoms with Gasteiger partial charge in [0, 0.05) is 47.7 Å². The molecule has 5 rings (SSSR count). The molecule has 2 fully saturated rings. The molecule has 2 aromatic rings. The summed E-state index contributed by atoms with van der Waals surface area (Å²) in [7, 11) is 2.22. The number of likely N-dealkylation sites (tertiary alicyclic amines) is 1. The summed E-state index contributed by atoms with van der Waals surface area (Å²) < 4.78 is 1.68. The number of amides is 1. The Morgan fingerprint density at radius 3 is 2.39 bits per heavy atom. The quantitative estimate of drug-likeness (QED) is 0.620. The summed E-state index contributed by atoms with van der Waals surface area (Å²) in [6, 6.07) is 7.53. The SMILES string of the molecule is C[N+]1(c2ncnc3c2CN(C(=O)c2ccc(Br)cc2)CC3)CCC(C(=O)C2CC2)CC1. The van der Waals surface area contributed by atoms with E-state index in [4.69, 9.17) is 4.98 Å². The van der Waals surface area contributed by atoms with Crippen LogP contribution in [0.1, 0.15) is 47.3 Å². The van der Waals surface area contributed by atoms with E-state index >= 15 is 0 Å². The van der Waals surface area contributed by atoms with Crippen molar-refractivity contribution in [1.82, 2.24) is 19.4 Å². The first kappa shape index (κ1) is 20.8. The summed E-state index contributed by atoms with van der Waals surface area (Å²) in [5.41, 5.74) is 2.85. The van der Waals surface area contributed by atoms with Gasteiger partial charge in [0.05, 0.1) is 37.9 Å². The Hall–Kier alpha value is -2.12. The zero-order chi connectivity index (χ0) is 21.6. The summed E-state index contributed by atoms with van der Waals surface area (Å²) >= 11 is 3.43. The Balaban J connectivity index is 1.36. The number of fused-ring (bicyclic) bond motifs is 1. The highest BCUT2D eigenvalue weighted by Gasteiger charge is 2.42. The van der Waals surface area contributed by atoms with E-state index in [1.807, 2.05) is 29.2 Å². The molecule has 0 atom stereocenters. The third-order valence-corrected chi connectivity index (χ3v) is 7.72. The maximum Gasteiger partial charge on any atom is 0.254 e. The van der Waals surface area contributed by atoms with Crippen molar-refractivity contribution in [1.29, 1.82) is 0 Å². The van der Waals surface area contributed by atoms with Gasteiger partial charge in [-0.25, -0.2) is 4.98 Å². The fourth-order valence-corrected chi connectivity index (χ4v) is 5.34. The Morgan fingerprint density at radius 2 is 1.71 bits per heavy atom. The van der Waals surface area contributed by atoms with Gasteiger partial charge in [-0.2, -0.15) is 4.98 Å². The van der Waals surface area contributed by atoms with E-state index in [1.54, 1.807) is 6.33 Å². The van der Waals surface area contributed by atoms with Crippen LogP contribution in [-0.2, 0) is 17.8 Å². The number of hydrogen-bond donors (Lipinski definition) is 0. The number of hydrogen-bond acceptors (Lipinski definition) is 4. The van der Waals surface area contributed by atoms with Crippen molar-refractivity contribution in [3.8, 4) is 0 Å². The third-order valence-electron chi connectivity index (χ3n) is 7.19. The molecule has 1 saturated carbocycles. The monoisotopic (exact) mass is 483 g/mol. The van der Waals surface area contributed by atoms with Crippen LogP contribution < -0.4 is 4.48 Å². The summed E-state index contributed by atoms with van der Waals surface area (Å²) in [6.45, 7) is 3.03. The number of benzene rings is 1. The van der Waals surface area contributed by atoms with Crippen LogP contribution in [0.3, 0.4) is 0 Å². The summed E-state index contributed by atoms with van der Waals surface area (Å²) in [4.78, 5) is 36.8. The molecule has 0 radical (unpaired) electrons. The minimum absolute atomic E-state index is 0.0457. The second kappa shape index (κ2) is 8.10. The van der Waals surface area contributed by atoms with Crippen LogP contribution in [0.25, 0.3) is 0 Å². The molecule has 2 aliphatic heterocycles. The summed E-state index contributed by atoms with van der Waals surface area (Å²) in [5, 5.41) is 0. The van der Waals surface area contributed by atoms with E-state index in [2.05, 4.69) is 28.0 Å². The largest absolute Gasteiger partial charge is 0.334 e. The van der Waals surface area contributed by atoms with Crippen molar-refractivity contribution in [3.63, 3.8) is 0 Å². The number of carbonyl (C=O) groups excluding carboxylic acids is 2. The average molecular weight is 484 g/mol. The summed E-state index contributed by atoms with van der Waals surface area (Å²) in [6.07, 6.45) is 6.44. The van der Waals surface area contributed by atoms with E-state index in [1.165, 1.54) is 0 Å². The average Bonchev–Trinajstić information content (AvgIpc) is 3.64. The first-order chi connectivity index (χ1) is 14.9.